The van der Waals surface area contributed by atoms with E-state index in [9.17, 15) is 10.2 Å². The minimum Gasteiger partial charge on any atom is -0.492 e. The zero-order valence-electron chi connectivity index (χ0n) is 27.1. The lowest BCUT2D eigenvalue weighted by Gasteiger charge is -2.40. The minimum absolute atomic E-state index is 0.0128. The smallest absolute Gasteiger partial charge is 0.119 e. The van der Waals surface area contributed by atoms with Crippen LogP contribution in [0.5, 0.6) is 5.75 Å². The average molecular weight is 613 g/mol. The van der Waals surface area contributed by atoms with E-state index in [4.69, 9.17) is 9.47 Å². The highest BCUT2D eigenvalue weighted by molar-refractivity contribution is 5.87. The molecule has 4 nitrogen and oxygen atoms in total. The van der Waals surface area contributed by atoms with Crippen LogP contribution in [0, 0.1) is 5.92 Å². The van der Waals surface area contributed by atoms with Gasteiger partial charge in [0, 0.05) is 0 Å². The van der Waals surface area contributed by atoms with Crippen molar-refractivity contribution < 1.29 is 19.7 Å². The van der Waals surface area contributed by atoms with Crippen molar-refractivity contribution in [3.05, 3.63) is 148 Å². The van der Waals surface area contributed by atoms with Gasteiger partial charge in [-0.2, -0.15) is 0 Å². The second-order valence-corrected chi connectivity index (χ2v) is 12.4. The second-order valence-electron chi connectivity index (χ2n) is 12.4. The van der Waals surface area contributed by atoms with Gasteiger partial charge in [-0.1, -0.05) is 98.8 Å². The van der Waals surface area contributed by atoms with Gasteiger partial charge in [-0.05, 0) is 112 Å². The molecular weight excluding hydrogens is 568 g/mol. The molecule has 4 aromatic carbocycles. The van der Waals surface area contributed by atoms with Gasteiger partial charge >= 0.3 is 0 Å². The van der Waals surface area contributed by atoms with Crippen molar-refractivity contribution >= 4 is 11.6 Å². The maximum absolute atomic E-state index is 9.35. The van der Waals surface area contributed by atoms with Crippen molar-refractivity contribution in [3.63, 3.8) is 0 Å². The minimum atomic E-state index is -0.469. The lowest BCUT2D eigenvalue weighted by atomic mass is 9.62. The normalized spacial score (nSPS) is 19.3. The van der Waals surface area contributed by atoms with Gasteiger partial charge < -0.3 is 19.7 Å². The van der Waals surface area contributed by atoms with Crippen molar-refractivity contribution in [2.75, 3.05) is 26.4 Å². The van der Waals surface area contributed by atoms with Crippen LogP contribution in [0.4, 0.5) is 0 Å². The SMILES string of the molecule is CCC(C)c1ccc2c(c1)C(c1ccc(OCCO)cc1)(C1C=CC(OCCO)=CC1)c1cc(/C=C(/C)c3ccccc3)ccc1-2. The van der Waals surface area contributed by atoms with Crippen LogP contribution < -0.4 is 4.74 Å². The number of aliphatic hydroxyl groups is 2. The van der Waals surface area contributed by atoms with Crippen LogP contribution in [0.15, 0.2) is 115 Å². The maximum Gasteiger partial charge on any atom is 0.119 e. The summed E-state index contributed by atoms with van der Waals surface area (Å²) in [7, 11) is 0. The first-order valence-corrected chi connectivity index (χ1v) is 16.5. The molecular formula is C42H44O4. The highest BCUT2D eigenvalue weighted by atomic mass is 16.5. The molecule has 2 N–H and O–H groups in total. The maximum atomic E-state index is 9.35. The van der Waals surface area contributed by atoms with Crippen LogP contribution in [0.25, 0.3) is 22.8 Å². The molecule has 46 heavy (non-hydrogen) atoms. The van der Waals surface area contributed by atoms with Crippen LogP contribution in [-0.2, 0) is 10.2 Å². The molecule has 3 atom stereocenters. The molecule has 3 unspecified atom stereocenters. The van der Waals surface area contributed by atoms with Gasteiger partial charge in [0.1, 0.15) is 24.7 Å². The molecule has 0 aromatic heterocycles. The number of fused-ring (bicyclic) bond motifs is 3. The molecule has 2 aliphatic carbocycles. The molecule has 0 heterocycles. The van der Waals surface area contributed by atoms with Gasteiger partial charge in [0.05, 0.1) is 18.6 Å². The number of hydrogen-bond donors (Lipinski definition) is 2. The third kappa shape index (κ3) is 5.95. The zero-order chi connectivity index (χ0) is 32.1. The van der Waals surface area contributed by atoms with Crippen LogP contribution >= 0.6 is 0 Å². The molecule has 0 fully saturated rings. The van der Waals surface area contributed by atoms with Crippen LogP contribution in [0.1, 0.15) is 72.9 Å². The fourth-order valence-electron chi connectivity index (χ4n) is 7.15. The topological polar surface area (TPSA) is 58.9 Å². The van der Waals surface area contributed by atoms with E-state index in [1.807, 2.05) is 12.1 Å². The summed E-state index contributed by atoms with van der Waals surface area (Å²) in [5.74, 6) is 2.09. The Balaban J connectivity index is 1.57. The molecule has 0 aliphatic heterocycles. The summed E-state index contributed by atoms with van der Waals surface area (Å²) < 4.78 is 11.6. The van der Waals surface area contributed by atoms with Crippen molar-refractivity contribution in [2.24, 2.45) is 5.92 Å². The molecule has 4 aromatic rings. The second kappa shape index (κ2) is 13.9. The Labute approximate surface area is 273 Å². The lowest BCUT2D eigenvalue weighted by Crippen LogP contribution is -2.36. The number of aliphatic hydroxyl groups excluding tert-OH is 2. The van der Waals surface area contributed by atoms with Crippen LogP contribution in [0.2, 0.25) is 0 Å². The van der Waals surface area contributed by atoms with E-state index in [0.717, 1.165) is 24.4 Å². The molecule has 4 heteroatoms. The van der Waals surface area contributed by atoms with Crippen LogP contribution in [0.3, 0.4) is 0 Å². The number of ether oxygens (including phenoxy) is 2. The highest BCUT2D eigenvalue weighted by Crippen LogP contribution is 2.59. The first-order valence-electron chi connectivity index (χ1n) is 16.5. The molecule has 236 valence electrons. The molecule has 0 saturated heterocycles. The quantitative estimate of drug-likeness (QED) is 0.157. The molecule has 6 rings (SSSR count). The summed E-state index contributed by atoms with van der Waals surface area (Å²) >= 11 is 0. The summed E-state index contributed by atoms with van der Waals surface area (Å²) in [6.45, 7) is 7.24. The Morgan fingerprint density at radius 1 is 0.870 bits per heavy atom. The number of hydrogen-bond acceptors (Lipinski definition) is 4. The Hall–Kier alpha value is -4.38. The Morgan fingerprint density at radius 3 is 2.24 bits per heavy atom. The van der Waals surface area contributed by atoms with E-state index in [0.29, 0.717) is 5.92 Å². The van der Waals surface area contributed by atoms with E-state index in [2.05, 4.69) is 124 Å². The first kappa shape index (κ1) is 31.6. The fraction of sp³-hybridized carbons (Fsp3) is 0.286. The summed E-state index contributed by atoms with van der Waals surface area (Å²) in [5.41, 5.74) is 10.9. The van der Waals surface area contributed by atoms with Crippen molar-refractivity contribution in [3.8, 4) is 16.9 Å². The Morgan fingerprint density at radius 2 is 1.57 bits per heavy atom. The fourth-order valence-corrected chi connectivity index (χ4v) is 7.15. The highest BCUT2D eigenvalue weighted by Gasteiger charge is 2.49. The van der Waals surface area contributed by atoms with E-state index in [1.54, 1.807) is 0 Å². The third-order valence-corrected chi connectivity index (χ3v) is 9.67. The van der Waals surface area contributed by atoms with E-state index < -0.39 is 5.41 Å². The summed E-state index contributed by atoms with van der Waals surface area (Å²) in [6.07, 6.45) is 10.7. The van der Waals surface area contributed by atoms with Gasteiger partial charge in [-0.3, -0.25) is 0 Å². The number of allylic oxidation sites excluding steroid dienone is 4. The molecule has 0 saturated carbocycles. The predicted molar refractivity (Wildman–Crippen MR) is 188 cm³/mol. The number of benzene rings is 4. The van der Waals surface area contributed by atoms with Crippen LogP contribution in [-0.4, -0.2) is 36.6 Å². The Bertz CT molecular complexity index is 1750. The van der Waals surface area contributed by atoms with Crippen molar-refractivity contribution in [1.29, 1.82) is 0 Å². The summed E-state index contributed by atoms with van der Waals surface area (Å²) in [5, 5.41) is 18.7. The lowest BCUT2D eigenvalue weighted by molar-refractivity contribution is 0.150. The van der Waals surface area contributed by atoms with E-state index in [-0.39, 0.29) is 32.3 Å². The van der Waals surface area contributed by atoms with Gasteiger partial charge in [0.25, 0.3) is 0 Å². The van der Waals surface area contributed by atoms with Crippen molar-refractivity contribution in [1.82, 2.24) is 0 Å². The van der Waals surface area contributed by atoms with E-state index in [1.165, 1.54) is 50.1 Å². The predicted octanol–water partition coefficient (Wildman–Crippen LogP) is 8.92. The van der Waals surface area contributed by atoms with Gasteiger partial charge in [0.15, 0.2) is 0 Å². The standard InChI is InChI=1S/C42H44O4/c1-4-29(2)33-11-21-39-38-20-10-31(26-30(3)32-8-6-5-7-9-32)27-40(38)42(41(39)28-33,34-12-16-36(17-13-34)45-24-22-43)35-14-18-37(19-15-35)46-25-23-44/h5-14,16-21,26-29,35,43-44H,4,15,22-25H2,1-3H3/b30-26-. The summed E-state index contributed by atoms with van der Waals surface area (Å²) in [4.78, 5) is 0. The van der Waals surface area contributed by atoms with Gasteiger partial charge in [-0.15, -0.1) is 0 Å². The molecule has 0 radical (unpaired) electrons. The first-order chi connectivity index (χ1) is 22.5. The van der Waals surface area contributed by atoms with Crippen molar-refractivity contribution in [2.45, 2.75) is 44.9 Å². The Kier molecular flexibility index (Phi) is 9.58. The van der Waals surface area contributed by atoms with Gasteiger partial charge in [0.2, 0.25) is 0 Å². The third-order valence-electron chi connectivity index (χ3n) is 9.67. The summed E-state index contributed by atoms with van der Waals surface area (Å²) in [6, 6.07) is 33.1. The molecule has 2 aliphatic rings. The largest absolute Gasteiger partial charge is 0.492 e. The number of rotatable bonds is 12. The average Bonchev–Trinajstić information content (AvgIpc) is 3.39. The molecule has 0 bridgehead atoms. The zero-order valence-corrected chi connectivity index (χ0v) is 27.1. The monoisotopic (exact) mass is 612 g/mol. The van der Waals surface area contributed by atoms with E-state index >= 15 is 0 Å². The molecule has 0 spiro atoms. The van der Waals surface area contributed by atoms with Gasteiger partial charge in [-0.25, -0.2) is 0 Å². The molecule has 0 amide bonds.